The van der Waals surface area contributed by atoms with Gasteiger partial charge >= 0.3 is 11.9 Å². The highest BCUT2D eigenvalue weighted by Crippen LogP contribution is 2.17. The molecule has 2 unspecified atom stereocenters. The maximum absolute atomic E-state index is 11.5. The van der Waals surface area contributed by atoms with Gasteiger partial charge in [0.05, 0.1) is 13.2 Å². The number of hydrogen-bond acceptors (Lipinski definition) is 6. The molecule has 0 aromatic carbocycles. The van der Waals surface area contributed by atoms with Crippen LogP contribution >= 0.6 is 31.9 Å². The van der Waals surface area contributed by atoms with E-state index in [1.165, 1.54) is 14.2 Å². The van der Waals surface area contributed by atoms with Crippen LogP contribution in [0, 0.1) is 0 Å². The van der Waals surface area contributed by atoms with Gasteiger partial charge in [-0.15, -0.1) is 0 Å². The Morgan fingerprint density at radius 3 is 1.45 bits per heavy atom. The number of rotatable bonds is 11. The number of alkyl halides is 2. The van der Waals surface area contributed by atoms with Crippen molar-refractivity contribution in [3.8, 4) is 0 Å². The minimum absolute atomic E-state index is 0.217. The van der Waals surface area contributed by atoms with Crippen molar-refractivity contribution < 1.29 is 28.5 Å². The van der Waals surface area contributed by atoms with Crippen molar-refractivity contribution in [3.05, 3.63) is 0 Å². The molecule has 0 aromatic heterocycles. The third kappa shape index (κ3) is 9.68. The number of hydrogen-bond donors (Lipinski definition) is 0. The molecule has 6 nitrogen and oxygen atoms in total. The van der Waals surface area contributed by atoms with Crippen LogP contribution in [0.25, 0.3) is 0 Å². The van der Waals surface area contributed by atoms with Crippen molar-refractivity contribution in [2.45, 2.75) is 22.5 Å². The van der Waals surface area contributed by atoms with Crippen molar-refractivity contribution in [2.75, 3.05) is 40.6 Å². The third-order valence-electron chi connectivity index (χ3n) is 2.25. The van der Waals surface area contributed by atoms with Gasteiger partial charge in [0, 0.05) is 14.2 Å². The normalized spacial score (nSPS) is 13.6. The van der Waals surface area contributed by atoms with E-state index in [9.17, 15) is 9.59 Å². The molecule has 0 rings (SSSR count). The lowest BCUT2D eigenvalue weighted by atomic mass is 10.2. The standard InChI is InChI=1S/C12H20Br2O6/c1-17-5-7-19-11(15)9(13)3-4-10(14)12(16)20-8-6-18-2/h9-10H,3-8H2,1-2H3. The Morgan fingerprint density at radius 2 is 1.15 bits per heavy atom. The van der Waals surface area contributed by atoms with Crippen LogP contribution < -0.4 is 0 Å². The molecular formula is C12H20Br2O6. The van der Waals surface area contributed by atoms with Gasteiger partial charge < -0.3 is 18.9 Å². The van der Waals surface area contributed by atoms with Gasteiger partial charge in [0.1, 0.15) is 22.9 Å². The molecule has 0 N–H and O–H groups in total. The van der Waals surface area contributed by atoms with E-state index in [0.717, 1.165) is 0 Å². The van der Waals surface area contributed by atoms with Gasteiger partial charge in [-0.3, -0.25) is 9.59 Å². The van der Waals surface area contributed by atoms with E-state index in [0.29, 0.717) is 26.1 Å². The van der Waals surface area contributed by atoms with Crippen molar-refractivity contribution in [3.63, 3.8) is 0 Å². The Morgan fingerprint density at radius 1 is 0.800 bits per heavy atom. The molecule has 118 valence electrons. The summed E-state index contributed by atoms with van der Waals surface area (Å²) < 4.78 is 19.5. The molecule has 8 heteroatoms. The second-order valence-electron chi connectivity index (χ2n) is 3.83. The van der Waals surface area contributed by atoms with Crippen LogP contribution in [-0.4, -0.2) is 62.2 Å². The number of carbonyl (C=O) groups is 2. The Balaban J connectivity index is 3.83. The lowest BCUT2D eigenvalue weighted by Gasteiger charge is -2.12. The van der Waals surface area contributed by atoms with Crippen LogP contribution in [0.5, 0.6) is 0 Å². The van der Waals surface area contributed by atoms with E-state index in [-0.39, 0.29) is 25.2 Å². The van der Waals surface area contributed by atoms with E-state index in [1.807, 2.05) is 0 Å². The second-order valence-corrected chi connectivity index (χ2v) is 6.04. The Labute approximate surface area is 135 Å². The largest absolute Gasteiger partial charge is 0.462 e. The maximum Gasteiger partial charge on any atom is 0.319 e. The van der Waals surface area contributed by atoms with Crippen LogP contribution in [0.15, 0.2) is 0 Å². The zero-order valence-corrected chi connectivity index (χ0v) is 14.8. The number of esters is 2. The highest BCUT2D eigenvalue weighted by Gasteiger charge is 2.22. The molecule has 0 heterocycles. The number of carbonyl (C=O) groups excluding carboxylic acids is 2. The van der Waals surface area contributed by atoms with E-state index in [2.05, 4.69) is 31.9 Å². The average molecular weight is 420 g/mol. The zero-order valence-electron chi connectivity index (χ0n) is 11.6. The van der Waals surface area contributed by atoms with Crippen molar-refractivity contribution in [1.82, 2.24) is 0 Å². The van der Waals surface area contributed by atoms with E-state index in [1.54, 1.807) is 0 Å². The first-order chi connectivity index (χ1) is 9.52. The molecule has 0 aliphatic carbocycles. The van der Waals surface area contributed by atoms with Gasteiger partial charge in [0.2, 0.25) is 0 Å². The monoisotopic (exact) mass is 418 g/mol. The lowest BCUT2D eigenvalue weighted by molar-refractivity contribution is -0.146. The summed E-state index contributed by atoms with van der Waals surface area (Å²) in [7, 11) is 3.06. The Hall–Kier alpha value is -0.180. The summed E-state index contributed by atoms with van der Waals surface area (Å²) in [5, 5.41) is 0. The lowest BCUT2D eigenvalue weighted by Crippen LogP contribution is -2.24. The van der Waals surface area contributed by atoms with Crippen molar-refractivity contribution in [2.24, 2.45) is 0 Å². The molecule has 0 aromatic rings. The van der Waals surface area contributed by atoms with Gasteiger partial charge in [-0.05, 0) is 12.8 Å². The molecule has 2 atom stereocenters. The summed E-state index contributed by atoms with van der Waals surface area (Å²) >= 11 is 6.46. The molecule has 0 amide bonds. The fraction of sp³-hybridized carbons (Fsp3) is 0.833. The molecule has 0 aliphatic rings. The summed E-state index contributed by atoms with van der Waals surface area (Å²) in [5.74, 6) is -0.732. The van der Waals surface area contributed by atoms with Crippen LogP contribution in [0.2, 0.25) is 0 Å². The summed E-state index contributed by atoms with van der Waals surface area (Å²) in [6.07, 6.45) is 0.919. The Kier molecular flexibility index (Phi) is 12.4. The maximum atomic E-state index is 11.5. The first-order valence-corrected chi connectivity index (χ1v) is 7.95. The van der Waals surface area contributed by atoms with Gasteiger partial charge in [-0.1, -0.05) is 31.9 Å². The van der Waals surface area contributed by atoms with Gasteiger partial charge in [0.15, 0.2) is 0 Å². The van der Waals surface area contributed by atoms with Crippen LogP contribution in [0.3, 0.4) is 0 Å². The summed E-state index contributed by atoms with van der Waals surface area (Å²) in [4.78, 5) is 22.2. The number of methoxy groups -OCH3 is 2. The second kappa shape index (κ2) is 12.6. The first-order valence-electron chi connectivity index (χ1n) is 6.12. The quantitative estimate of drug-likeness (QED) is 0.288. The smallest absolute Gasteiger partial charge is 0.319 e. The molecule has 0 spiro atoms. The summed E-state index contributed by atoms with van der Waals surface area (Å²) in [6, 6.07) is 0. The van der Waals surface area contributed by atoms with Crippen molar-refractivity contribution >= 4 is 43.8 Å². The molecule has 20 heavy (non-hydrogen) atoms. The number of ether oxygens (including phenoxy) is 4. The first kappa shape index (κ1) is 19.8. The molecule has 0 saturated carbocycles. The third-order valence-corrected chi connectivity index (χ3v) is 3.91. The van der Waals surface area contributed by atoms with Crippen LogP contribution in [0.4, 0.5) is 0 Å². The molecular weight excluding hydrogens is 400 g/mol. The van der Waals surface area contributed by atoms with Crippen LogP contribution in [-0.2, 0) is 28.5 Å². The van der Waals surface area contributed by atoms with Gasteiger partial charge in [-0.25, -0.2) is 0 Å². The highest BCUT2D eigenvalue weighted by molar-refractivity contribution is 9.10. The van der Waals surface area contributed by atoms with E-state index in [4.69, 9.17) is 18.9 Å². The molecule has 0 bridgehead atoms. The average Bonchev–Trinajstić information content (AvgIpc) is 2.44. The summed E-state index contributed by atoms with van der Waals surface area (Å²) in [6.45, 7) is 1.15. The van der Waals surface area contributed by atoms with Gasteiger partial charge in [-0.2, -0.15) is 0 Å². The van der Waals surface area contributed by atoms with Crippen LogP contribution in [0.1, 0.15) is 12.8 Å². The predicted molar refractivity (Wildman–Crippen MR) is 80.3 cm³/mol. The fourth-order valence-corrected chi connectivity index (χ4v) is 1.95. The van der Waals surface area contributed by atoms with Gasteiger partial charge in [0.25, 0.3) is 0 Å². The SMILES string of the molecule is COCCOC(=O)C(Br)CCC(Br)C(=O)OCCOC. The minimum atomic E-state index is -0.453. The topological polar surface area (TPSA) is 71.1 Å². The summed E-state index contributed by atoms with van der Waals surface area (Å²) in [5.41, 5.74) is 0. The predicted octanol–water partition coefficient (Wildman–Crippen LogP) is 1.67. The fourth-order valence-electron chi connectivity index (χ4n) is 1.16. The van der Waals surface area contributed by atoms with E-state index < -0.39 is 9.65 Å². The van der Waals surface area contributed by atoms with Crippen molar-refractivity contribution in [1.29, 1.82) is 0 Å². The molecule has 0 saturated heterocycles. The molecule has 0 aliphatic heterocycles. The minimum Gasteiger partial charge on any atom is -0.462 e. The van der Waals surface area contributed by atoms with E-state index >= 15 is 0 Å². The Bertz CT molecular complexity index is 259. The number of halogens is 2. The zero-order chi connectivity index (χ0) is 15.4. The molecule has 0 radical (unpaired) electrons. The molecule has 0 fully saturated rings. The highest BCUT2D eigenvalue weighted by atomic mass is 79.9.